The Balaban J connectivity index is 1.97. The van der Waals surface area contributed by atoms with Crippen LogP contribution in [0, 0.1) is 6.92 Å². The minimum Gasteiger partial charge on any atom is -0.370 e. The van der Waals surface area contributed by atoms with Gasteiger partial charge in [-0.05, 0) is 24.8 Å². The number of unbranched alkanes of at least 4 members (excludes halogenated alkanes) is 3. The molecule has 2 rings (SSSR count). The highest BCUT2D eigenvalue weighted by molar-refractivity contribution is 7.13. The van der Waals surface area contributed by atoms with Crippen LogP contribution in [0.5, 0.6) is 0 Å². The minimum absolute atomic E-state index is 0.825. The van der Waals surface area contributed by atoms with Crippen molar-refractivity contribution < 1.29 is 0 Å². The van der Waals surface area contributed by atoms with E-state index in [-0.39, 0.29) is 0 Å². The van der Waals surface area contributed by atoms with Crippen LogP contribution in [-0.4, -0.2) is 16.5 Å². The number of aryl methyl sites for hydroxylation is 1. The molecule has 3 nitrogen and oxygen atoms in total. The standard InChI is InChI=1S/C15H21N3S/c1-3-4-5-6-9-16-14-11-12(2)17-15(18-14)13-8-7-10-19-13/h7-8,10-11H,3-6,9H2,1-2H3,(H,16,17,18). The van der Waals surface area contributed by atoms with Crippen molar-refractivity contribution in [1.82, 2.24) is 9.97 Å². The van der Waals surface area contributed by atoms with Crippen LogP contribution >= 0.6 is 11.3 Å². The van der Waals surface area contributed by atoms with Crippen molar-refractivity contribution in [2.45, 2.75) is 39.5 Å². The second-order valence-electron chi connectivity index (χ2n) is 4.68. The molecule has 0 radical (unpaired) electrons. The Bertz CT molecular complexity index is 494. The molecule has 0 saturated carbocycles. The molecule has 0 aromatic carbocycles. The Morgan fingerprint density at radius 1 is 1.21 bits per heavy atom. The zero-order valence-corrected chi connectivity index (χ0v) is 12.5. The summed E-state index contributed by atoms with van der Waals surface area (Å²) >= 11 is 1.68. The van der Waals surface area contributed by atoms with Gasteiger partial charge in [-0.2, -0.15) is 0 Å². The molecule has 2 aromatic rings. The Kier molecular flexibility index (Phi) is 5.33. The number of rotatable bonds is 7. The predicted octanol–water partition coefficient (Wildman–Crippen LogP) is 4.51. The van der Waals surface area contributed by atoms with E-state index in [0.717, 1.165) is 28.8 Å². The molecule has 0 fully saturated rings. The molecule has 4 heteroatoms. The van der Waals surface area contributed by atoms with Crippen molar-refractivity contribution in [3.8, 4) is 10.7 Å². The van der Waals surface area contributed by atoms with Crippen LogP contribution in [0.15, 0.2) is 23.6 Å². The Morgan fingerprint density at radius 2 is 2.11 bits per heavy atom. The average molecular weight is 275 g/mol. The Hall–Kier alpha value is -1.42. The van der Waals surface area contributed by atoms with Crippen molar-refractivity contribution in [3.05, 3.63) is 29.3 Å². The number of nitrogens with one attached hydrogen (secondary N) is 1. The van der Waals surface area contributed by atoms with Gasteiger partial charge in [0.1, 0.15) is 5.82 Å². The van der Waals surface area contributed by atoms with E-state index in [1.54, 1.807) is 11.3 Å². The molecule has 0 aliphatic rings. The lowest BCUT2D eigenvalue weighted by atomic mass is 10.2. The summed E-state index contributed by atoms with van der Waals surface area (Å²) < 4.78 is 0. The molecule has 1 N–H and O–H groups in total. The molecule has 2 aromatic heterocycles. The van der Waals surface area contributed by atoms with Crippen LogP contribution in [-0.2, 0) is 0 Å². The molecule has 0 aliphatic heterocycles. The van der Waals surface area contributed by atoms with E-state index >= 15 is 0 Å². The first-order valence-corrected chi connectivity index (χ1v) is 7.81. The van der Waals surface area contributed by atoms with E-state index in [4.69, 9.17) is 0 Å². The molecule has 2 heterocycles. The third-order valence-electron chi connectivity index (χ3n) is 2.93. The highest BCUT2D eigenvalue weighted by atomic mass is 32.1. The van der Waals surface area contributed by atoms with Crippen LogP contribution in [0.3, 0.4) is 0 Å². The fraction of sp³-hybridized carbons (Fsp3) is 0.467. The zero-order valence-electron chi connectivity index (χ0n) is 11.6. The summed E-state index contributed by atoms with van der Waals surface area (Å²) in [6.07, 6.45) is 5.07. The lowest BCUT2D eigenvalue weighted by molar-refractivity contribution is 0.684. The van der Waals surface area contributed by atoms with Crippen molar-refractivity contribution in [1.29, 1.82) is 0 Å². The molecule has 0 unspecified atom stereocenters. The van der Waals surface area contributed by atoms with Crippen molar-refractivity contribution >= 4 is 17.2 Å². The predicted molar refractivity (Wildman–Crippen MR) is 82.7 cm³/mol. The van der Waals surface area contributed by atoms with Crippen LogP contribution in [0.4, 0.5) is 5.82 Å². The normalized spacial score (nSPS) is 10.6. The maximum atomic E-state index is 4.58. The van der Waals surface area contributed by atoms with Gasteiger partial charge in [0, 0.05) is 18.3 Å². The van der Waals surface area contributed by atoms with E-state index in [1.165, 1.54) is 25.7 Å². The zero-order chi connectivity index (χ0) is 13.5. The van der Waals surface area contributed by atoms with Gasteiger partial charge in [0.05, 0.1) is 4.88 Å². The molecule has 0 atom stereocenters. The molecular formula is C15H21N3S. The summed E-state index contributed by atoms with van der Waals surface area (Å²) in [4.78, 5) is 10.2. The lowest BCUT2D eigenvalue weighted by Gasteiger charge is -2.07. The molecule has 0 spiro atoms. The summed E-state index contributed by atoms with van der Waals surface area (Å²) in [5.41, 5.74) is 1.01. The van der Waals surface area contributed by atoms with Crippen molar-refractivity contribution in [2.24, 2.45) is 0 Å². The highest BCUT2D eigenvalue weighted by Gasteiger charge is 2.05. The highest BCUT2D eigenvalue weighted by Crippen LogP contribution is 2.22. The fourth-order valence-corrected chi connectivity index (χ4v) is 2.60. The minimum atomic E-state index is 0.825. The van der Waals surface area contributed by atoms with Gasteiger partial charge >= 0.3 is 0 Å². The first-order valence-electron chi connectivity index (χ1n) is 6.93. The van der Waals surface area contributed by atoms with E-state index < -0.39 is 0 Å². The monoisotopic (exact) mass is 275 g/mol. The van der Waals surface area contributed by atoms with Gasteiger partial charge in [0.2, 0.25) is 0 Å². The number of hydrogen-bond acceptors (Lipinski definition) is 4. The summed E-state index contributed by atoms with van der Waals surface area (Å²) in [5.74, 6) is 1.76. The molecule has 0 amide bonds. The fourth-order valence-electron chi connectivity index (χ4n) is 1.94. The molecule has 102 valence electrons. The molecule has 0 saturated heterocycles. The van der Waals surface area contributed by atoms with E-state index in [2.05, 4.69) is 33.7 Å². The van der Waals surface area contributed by atoms with Crippen molar-refractivity contribution in [3.63, 3.8) is 0 Å². The summed E-state index contributed by atoms with van der Waals surface area (Å²) in [6.45, 7) is 5.23. The smallest absolute Gasteiger partial charge is 0.171 e. The quantitative estimate of drug-likeness (QED) is 0.756. The number of nitrogens with zero attached hydrogens (tertiary/aromatic N) is 2. The van der Waals surface area contributed by atoms with Crippen LogP contribution in [0.25, 0.3) is 10.7 Å². The summed E-state index contributed by atoms with van der Waals surface area (Å²) in [5, 5.41) is 5.45. The first-order chi connectivity index (χ1) is 9.29. The third kappa shape index (κ3) is 4.31. The van der Waals surface area contributed by atoms with Gasteiger partial charge in [-0.25, -0.2) is 9.97 Å². The largest absolute Gasteiger partial charge is 0.370 e. The van der Waals surface area contributed by atoms with Crippen molar-refractivity contribution in [2.75, 3.05) is 11.9 Å². The number of hydrogen-bond donors (Lipinski definition) is 1. The van der Waals surface area contributed by atoms with E-state index in [1.807, 2.05) is 19.1 Å². The van der Waals surface area contributed by atoms with Crippen LogP contribution < -0.4 is 5.32 Å². The molecular weight excluding hydrogens is 254 g/mol. The summed E-state index contributed by atoms with van der Waals surface area (Å²) in [7, 11) is 0. The maximum absolute atomic E-state index is 4.58. The van der Waals surface area contributed by atoms with Gasteiger partial charge < -0.3 is 5.32 Å². The average Bonchev–Trinajstić information content (AvgIpc) is 2.92. The van der Waals surface area contributed by atoms with Crippen LogP contribution in [0.1, 0.15) is 38.3 Å². The third-order valence-corrected chi connectivity index (χ3v) is 3.80. The second kappa shape index (κ2) is 7.24. The number of aromatic nitrogens is 2. The Labute approximate surface area is 119 Å². The lowest BCUT2D eigenvalue weighted by Crippen LogP contribution is -2.05. The SMILES string of the molecule is CCCCCCNc1cc(C)nc(-c2cccs2)n1. The Morgan fingerprint density at radius 3 is 2.84 bits per heavy atom. The van der Waals surface area contributed by atoms with Crippen LogP contribution in [0.2, 0.25) is 0 Å². The van der Waals surface area contributed by atoms with Gasteiger partial charge in [-0.1, -0.05) is 32.3 Å². The summed E-state index contributed by atoms with van der Waals surface area (Å²) in [6, 6.07) is 6.10. The molecule has 0 bridgehead atoms. The molecule has 0 aliphatic carbocycles. The first kappa shape index (κ1) is 14.0. The van der Waals surface area contributed by atoms with Gasteiger partial charge in [-0.15, -0.1) is 11.3 Å². The van der Waals surface area contributed by atoms with Gasteiger partial charge in [0.15, 0.2) is 5.82 Å². The maximum Gasteiger partial charge on any atom is 0.171 e. The number of anilines is 1. The van der Waals surface area contributed by atoms with Gasteiger partial charge in [-0.3, -0.25) is 0 Å². The topological polar surface area (TPSA) is 37.8 Å². The van der Waals surface area contributed by atoms with E-state index in [0.29, 0.717) is 0 Å². The second-order valence-corrected chi connectivity index (χ2v) is 5.63. The van der Waals surface area contributed by atoms with Gasteiger partial charge in [0.25, 0.3) is 0 Å². The molecule has 19 heavy (non-hydrogen) atoms. The van der Waals surface area contributed by atoms with E-state index in [9.17, 15) is 0 Å². The number of thiophene rings is 1.